The molecule has 0 aliphatic carbocycles. The average Bonchev–Trinajstić information content (AvgIpc) is 3.10. The maximum Gasteiger partial charge on any atom is 0.231 e. The summed E-state index contributed by atoms with van der Waals surface area (Å²) < 4.78 is 5.35. The molecule has 132 valence electrons. The van der Waals surface area contributed by atoms with E-state index in [2.05, 4.69) is 30.4 Å². The minimum absolute atomic E-state index is 0.570. The van der Waals surface area contributed by atoms with Crippen LogP contribution >= 0.6 is 12.2 Å². The first kappa shape index (κ1) is 17.3. The molecule has 0 unspecified atom stereocenters. The highest BCUT2D eigenvalue weighted by Crippen LogP contribution is 2.19. The maximum atomic E-state index is 5.37. The molecule has 3 heterocycles. The van der Waals surface area contributed by atoms with Gasteiger partial charge >= 0.3 is 0 Å². The predicted molar refractivity (Wildman–Crippen MR) is 99.7 cm³/mol. The van der Waals surface area contributed by atoms with Crippen LogP contribution in [0.4, 0.5) is 11.8 Å². The average molecular weight is 350 g/mol. The summed E-state index contributed by atoms with van der Waals surface area (Å²) in [5.41, 5.74) is 0.950. The molecule has 0 spiro atoms. The lowest BCUT2D eigenvalue weighted by Crippen LogP contribution is -2.42. The number of aromatic nitrogens is 2. The molecule has 2 fully saturated rings. The van der Waals surface area contributed by atoms with E-state index in [1.807, 2.05) is 13.0 Å². The molecule has 2 N–H and O–H groups in total. The van der Waals surface area contributed by atoms with Crippen molar-refractivity contribution in [2.75, 3.05) is 62.7 Å². The van der Waals surface area contributed by atoms with Gasteiger partial charge in [-0.1, -0.05) is 0 Å². The Morgan fingerprint density at radius 3 is 2.71 bits per heavy atom. The number of thiocarbonyl (C=S) groups is 1. The van der Waals surface area contributed by atoms with Crippen LogP contribution in [0.25, 0.3) is 0 Å². The fourth-order valence-electron chi connectivity index (χ4n) is 3.01. The van der Waals surface area contributed by atoms with Gasteiger partial charge in [0, 0.05) is 51.0 Å². The number of aryl methyl sites for hydroxylation is 1. The van der Waals surface area contributed by atoms with Gasteiger partial charge in [-0.25, -0.2) is 4.98 Å². The van der Waals surface area contributed by atoms with Gasteiger partial charge in [0.25, 0.3) is 0 Å². The summed E-state index contributed by atoms with van der Waals surface area (Å²) in [6, 6.07) is 2.03. The highest BCUT2D eigenvalue weighted by atomic mass is 32.1. The molecule has 0 radical (unpaired) electrons. The summed E-state index contributed by atoms with van der Waals surface area (Å²) in [6.07, 6.45) is 2.46. The Balaban J connectivity index is 1.48. The molecule has 0 amide bonds. The topological polar surface area (TPSA) is 65.6 Å². The summed E-state index contributed by atoms with van der Waals surface area (Å²) in [5, 5.41) is 6.91. The maximum absolute atomic E-state index is 5.37. The number of hydrogen-bond acceptors (Lipinski definition) is 6. The lowest BCUT2D eigenvalue weighted by atomic mass is 10.4. The Labute approximate surface area is 148 Å². The van der Waals surface area contributed by atoms with Crippen LogP contribution in [0.1, 0.15) is 18.5 Å². The van der Waals surface area contributed by atoms with Crippen LogP contribution in [0.5, 0.6) is 0 Å². The third kappa shape index (κ3) is 4.99. The molecule has 0 saturated carbocycles. The van der Waals surface area contributed by atoms with Crippen molar-refractivity contribution in [3.63, 3.8) is 0 Å². The van der Waals surface area contributed by atoms with Crippen LogP contribution in [0.2, 0.25) is 0 Å². The molecule has 24 heavy (non-hydrogen) atoms. The van der Waals surface area contributed by atoms with Crippen molar-refractivity contribution >= 4 is 29.1 Å². The minimum Gasteiger partial charge on any atom is -0.379 e. The molecule has 0 aromatic carbocycles. The molecule has 1 aromatic rings. The summed E-state index contributed by atoms with van der Waals surface area (Å²) in [5.74, 6) is 1.55. The molecule has 7 nitrogen and oxygen atoms in total. The van der Waals surface area contributed by atoms with Gasteiger partial charge in [0.1, 0.15) is 5.82 Å². The van der Waals surface area contributed by atoms with E-state index in [0.29, 0.717) is 11.1 Å². The summed E-state index contributed by atoms with van der Waals surface area (Å²) in [6.45, 7) is 9.50. The zero-order chi connectivity index (χ0) is 16.8. The minimum atomic E-state index is 0.570. The van der Waals surface area contributed by atoms with Crippen molar-refractivity contribution in [3.8, 4) is 0 Å². The molecular weight excluding hydrogens is 324 g/mol. The van der Waals surface area contributed by atoms with Gasteiger partial charge in [0.05, 0.1) is 13.2 Å². The first-order chi connectivity index (χ1) is 11.7. The van der Waals surface area contributed by atoms with E-state index in [0.717, 1.165) is 64.0 Å². The molecule has 2 aliphatic heterocycles. The zero-order valence-corrected chi connectivity index (χ0v) is 15.1. The highest BCUT2D eigenvalue weighted by Gasteiger charge is 2.15. The molecule has 3 rings (SSSR count). The van der Waals surface area contributed by atoms with Crippen LogP contribution < -0.4 is 15.5 Å². The third-order valence-corrected chi connectivity index (χ3v) is 4.56. The monoisotopic (exact) mass is 350 g/mol. The second-order valence-corrected chi connectivity index (χ2v) is 6.63. The Hall–Kier alpha value is -1.51. The standard InChI is InChI=1S/C16H26N6OS/c1-13-12-14(22-5-2-3-6-22)19-15(18-13)20-16(24)17-4-7-21-8-10-23-11-9-21/h12H,2-11H2,1H3,(H2,17,18,19,20,24). The lowest BCUT2D eigenvalue weighted by Gasteiger charge is -2.26. The van der Waals surface area contributed by atoms with Gasteiger partial charge in [0.2, 0.25) is 5.95 Å². The summed E-state index contributed by atoms with van der Waals surface area (Å²) in [4.78, 5) is 13.7. The number of hydrogen-bond donors (Lipinski definition) is 2. The second-order valence-electron chi connectivity index (χ2n) is 6.22. The van der Waals surface area contributed by atoms with Crippen LogP contribution in [0.15, 0.2) is 6.07 Å². The number of anilines is 2. The van der Waals surface area contributed by atoms with Crippen molar-refractivity contribution in [3.05, 3.63) is 11.8 Å². The molecule has 8 heteroatoms. The Kier molecular flexibility index (Phi) is 6.17. The Morgan fingerprint density at radius 2 is 1.96 bits per heavy atom. The van der Waals surface area contributed by atoms with Gasteiger partial charge in [-0.15, -0.1) is 0 Å². The van der Waals surface area contributed by atoms with E-state index in [-0.39, 0.29) is 0 Å². The van der Waals surface area contributed by atoms with Crippen molar-refractivity contribution in [2.24, 2.45) is 0 Å². The smallest absolute Gasteiger partial charge is 0.231 e. The molecule has 1 aromatic heterocycles. The van der Waals surface area contributed by atoms with E-state index >= 15 is 0 Å². The fourth-order valence-corrected chi connectivity index (χ4v) is 3.21. The fraction of sp³-hybridized carbons (Fsp3) is 0.688. The summed E-state index contributed by atoms with van der Waals surface area (Å²) >= 11 is 5.37. The molecule has 0 bridgehead atoms. The Morgan fingerprint density at radius 1 is 1.21 bits per heavy atom. The number of nitrogens with one attached hydrogen (secondary N) is 2. The molecule has 0 atom stereocenters. The van der Waals surface area contributed by atoms with E-state index in [1.165, 1.54) is 12.8 Å². The summed E-state index contributed by atoms with van der Waals surface area (Å²) in [7, 11) is 0. The van der Waals surface area contributed by atoms with Crippen LogP contribution in [0, 0.1) is 6.92 Å². The van der Waals surface area contributed by atoms with Gasteiger partial charge in [-0.05, 0) is 32.0 Å². The molecule has 2 aliphatic rings. The molecular formula is C16H26N6OS. The van der Waals surface area contributed by atoms with Crippen molar-refractivity contribution in [2.45, 2.75) is 19.8 Å². The van der Waals surface area contributed by atoms with Gasteiger partial charge < -0.3 is 20.3 Å². The quantitative estimate of drug-likeness (QED) is 0.763. The first-order valence-electron chi connectivity index (χ1n) is 8.66. The highest BCUT2D eigenvalue weighted by molar-refractivity contribution is 7.80. The van der Waals surface area contributed by atoms with Gasteiger partial charge in [-0.3, -0.25) is 4.90 Å². The van der Waals surface area contributed by atoms with E-state index in [9.17, 15) is 0 Å². The number of rotatable bonds is 5. The second kappa shape index (κ2) is 8.55. The zero-order valence-electron chi connectivity index (χ0n) is 14.3. The predicted octanol–water partition coefficient (Wildman–Crippen LogP) is 1.00. The van der Waals surface area contributed by atoms with E-state index < -0.39 is 0 Å². The van der Waals surface area contributed by atoms with Crippen LogP contribution in [-0.4, -0.2) is 72.5 Å². The number of ether oxygens (including phenoxy) is 1. The van der Waals surface area contributed by atoms with Crippen molar-refractivity contribution < 1.29 is 4.74 Å². The van der Waals surface area contributed by atoms with E-state index in [4.69, 9.17) is 17.0 Å². The van der Waals surface area contributed by atoms with Crippen LogP contribution in [-0.2, 0) is 4.74 Å². The first-order valence-corrected chi connectivity index (χ1v) is 9.07. The number of nitrogens with zero attached hydrogens (tertiary/aromatic N) is 4. The van der Waals surface area contributed by atoms with E-state index in [1.54, 1.807) is 0 Å². The SMILES string of the molecule is Cc1cc(N2CCCC2)nc(NC(=S)NCCN2CCOCC2)n1. The van der Waals surface area contributed by atoms with Gasteiger partial charge in [-0.2, -0.15) is 4.98 Å². The number of morpholine rings is 1. The largest absolute Gasteiger partial charge is 0.379 e. The lowest BCUT2D eigenvalue weighted by molar-refractivity contribution is 0.0389. The van der Waals surface area contributed by atoms with Crippen molar-refractivity contribution in [1.82, 2.24) is 20.2 Å². The normalized spacial score (nSPS) is 18.6. The van der Waals surface area contributed by atoms with Crippen molar-refractivity contribution in [1.29, 1.82) is 0 Å². The van der Waals surface area contributed by atoms with Gasteiger partial charge in [0.15, 0.2) is 5.11 Å². The molecule has 2 saturated heterocycles. The Bertz CT molecular complexity index is 557. The van der Waals surface area contributed by atoms with Crippen LogP contribution in [0.3, 0.4) is 0 Å². The third-order valence-electron chi connectivity index (χ3n) is 4.31.